The van der Waals surface area contributed by atoms with Crippen LogP contribution in [-0.4, -0.2) is 69.8 Å². The molecule has 0 aliphatic carbocycles. The van der Waals surface area contributed by atoms with Crippen LogP contribution < -0.4 is 33.2 Å². The van der Waals surface area contributed by atoms with Crippen molar-refractivity contribution in [3.05, 3.63) is 36.0 Å². The highest BCUT2D eigenvalue weighted by atomic mass is 16.4. The van der Waals surface area contributed by atoms with Crippen molar-refractivity contribution in [3.63, 3.8) is 0 Å². The summed E-state index contributed by atoms with van der Waals surface area (Å²) in [6.45, 7) is 3.69. The maximum absolute atomic E-state index is 13.0. The van der Waals surface area contributed by atoms with Crippen molar-refractivity contribution >= 4 is 46.4 Å². The molecule has 4 atom stereocenters. The largest absolute Gasteiger partial charge is 0.480 e. The summed E-state index contributed by atoms with van der Waals surface area (Å²) < 4.78 is 0. The number of benzene rings is 1. The van der Waals surface area contributed by atoms with E-state index in [1.807, 2.05) is 26.0 Å². The van der Waals surface area contributed by atoms with Gasteiger partial charge in [-0.3, -0.25) is 24.0 Å². The number of aromatic nitrogens is 1. The van der Waals surface area contributed by atoms with Crippen LogP contribution in [0.4, 0.5) is 0 Å². The zero-order valence-electron chi connectivity index (χ0n) is 21.7. The van der Waals surface area contributed by atoms with Gasteiger partial charge in [0, 0.05) is 23.5 Å². The van der Waals surface area contributed by atoms with Crippen molar-refractivity contribution < 1.29 is 33.9 Å². The van der Waals surface area contributed by atoms with Gasteiger partial charge in [-0.15, -0.1) is 0 Å². The number of H-pyrrole nitrogens is 1. The molecule has 4 unspecified atom stereocenters. The molecule has 11 N–H and O–H groups in total. The van der Waals surface area contributed by atoms with E-state index >= 15 is 0 Å². The Labute approximate surface area is 224 Å². The Morgan fingerprint density at radius 1 is 0.846 bits per heavy atom. The van der Waals surface area contributed by atoms with Gasteiger partial charge in [-0.25, -0.2) is 4.79 Å². The van der Waals surface area contributed by atoms with Crippen molar-refractivity contribution in [3.8, 4) is 0 Å². The normalized spacial score (nSPS) is 14.2. The Balaban J connectivity index is 2.19. The Hall–Kier alpha value is -4.46. The number of carboxylic acids is 1. The summed E-state index contributed by atoms with van der Waals surface area (Å²) in [6, 6.07) is 1.69. The van der Waals surface area contributed by atoms with Gasteiger partial charge in [0.05, 0.1) is 18.9 Å². The average molecular weight is 546 g/mol. The fourth-order valence-electron chi connectivity index (χ4n) is 3.98. The Bertz CT molecular complexity index is 1230. The van der Waals surface area contributed by atoms with E-state index in [0.29, 0.717) is 12.0 Å². The topological polar surface area (TPSA) is 253 Å². The number of para-hydroxylation sites is 1. The van der Waals surface area contributed by atoms with Gasteiger partial charge in [0.25, 0.3) is 0 Å². The lowest BCUT2D eigenvalue weighted by Crippen LogP contribution is -2.58. The van der Waals surface area contributed by atoms with Gasteiger partial charge in [0.15, 0.2) is 0 Å². The second-order valence-corrected chi connectivity index (χ2v) is 9.66. The predicted molar refractivity (Wildman–Crippen MR) is 140 cm³/mol. The minimum Gasteiger partial charge on any atom is -0.480 e. The van der Waals surface area contributed by atoms with Crippen molar-refractivity contribution in [1.82, 2.24) is 20.9 Å². The number of aliphatic carboxylic acids is 1. The van der Waals surface area contributed by atoms with E-state index in [-0.39, 0.29) is 12.3 Å². The molecule has 1 aromatic heterocycles. The molecular weight excluding hydrogens is 510 g/mol. The third kappa shape index (κ3) is 9.41. The van der Waals surface area contributed by atoms with Crippen molar-refractivity contribution in [1.29, 1.82) is 0 Å². The standard InChI is InChI=1S/C25H35N7O7/c1-12(2)7-15(26)22(35)30-17(9-20(27)33)23(36)31-18(10-21(28)34)24(37)32-19(25(38)39)8-13-11-29-16-6-4-3-5-14(13)16/h3-6,11-12,15,17-19,29H,7-10,26H2,1-2H3,(H2,27,33)(H2,28,34)(H,30,35)(H,31,36)(H,32,37)(H,38,39). The number of aromatic amines is 1. The molecule has 1 heterocycles. The number of rotatable bonds is 15. The molecule has 212 valence electrons. The number of carbonyl (C=O) groups excluding carboxylic acids is 5. The first kappa shape index (κ1) is 30.8. The summed E-state index contributed by atoms with van der Waals surface area (Å²) in [5, 5.41) is 17.4. The summed E-state index contributed by atoms with van der Waals surface area (Å²) in [7, 11) is 0. The fourth-order valence-corrected chi connectivity index (χ4v) is 3.98. The van der Waals surface area contributed by atoms with Gasteiger partial charge < -0.3 is 43.2 Å². The molecule has 5 amide bonds. The Morgan fingerprint density at radius 2 is 1.36 bits per heavy atom. The van der Waals surface area contributed by atoms with Crippen LogP contribution in [-0.2, 0) is 35.2 Å². The highest BCUT2D eigenvalue weighted by molar-refractivity contribution is 5.97. The monoisotopic (exact) mass is 545 g/mol. The van der Waals surface area contributed by atoms with Gasteiger partial charge >= 0.3 is 5.97 Å². The summed E-state index contributed by atoms with van der Waals surface area (Å²) >= 11 is 0. The number of carbonyl (C=O) groups is 6. The first-order valence-corrected chi connectivity index (χ1v) is 12.3. The van der Waals surface area contributed by atoms with E-state index in [1.54, 1.807) is 18.3 Å². The molecule has 1 aromatic carbocycles. The second kappa shape index (κ2) is 13.9. The number of primary amides is 2. The van der Waals surface area contributed by atoms with E-state index in [9.17, 15) is 33.9 Å². The molecule has 0 aliphatic heterocycles. The summed E-state index contributed by atoms with van der Waals surface area (Å²) in [5.41, 5.74) is 17.7. The Morgan fingerprint density at radius 3 is 1.87 bits per heavy atom. The molecule has 0 saturated carbocycles. The molecule has 0 radical (unpaired) electrons. The lowest BCUT2D eigenvalue weighted by Gasteiger charge is -2.24. The van der Waals surface area contributed by atoms with Gasteiger partial charge in [0.1, 0.15) is 18.1 Å². The highest BCUT2D eigenvalue weighted by Gasteiger charge is 2.32. The average Bonchev–Trinajstić information content (AvgIpc) is 3.24. The summed E-state index contributed by atoms with van der Waals surface area (Å²) in [6.07, 6.45) is 0.527. The van der Waals surface area contributed by atoms with Crippen molar-refractivity contribution in [2.45, 2.75) is 63.7 Å². The van der Waals surface area contributed by atoms with Gasteiger partial charge in [-0.1, -0.05) is 32.0 Å². The molecule has 0 fully saturated rings. The maximum Gasteiger partial charge on any atom is 0.326 e. The number of amides is 5. The van der Waals surface area contributed by atoms with E-state index < -0.39 is 72.5 Å². The molecule has 39 heavy (non-hydrogen) atoms. The minimum absolute atomic E-state index is 0.0734. The molecule has 2 rings (SSSR count). The van der Waals surface area contributed by atoms with Crippen LogP contribution in [0.3, 0.4) is 0 Å². The SMILES string of the molecule is CC(C)CC(N)C(=O)NC(CC(N)=O)C(=O)NC(CC(N)=O)C(=O)NC(Cc1c[nH]c2ccccc12)C(=O)O. The third-order valence-electron chi connectivity index (χ3n) is 5.85. The molecule has 0 spiro atoms. The molecule has 0 bridgehead atoms. The van der Waals surface area contributed by atoms with Crippen LogP contribution in [0.25, 0.3) is 10.9 Å². The maximum atomic E-state index is 13.0. The zero-order valence-corrected chi connectivity index (χ0v) is 21.7. The van der Waals surface area contributed by atoms with Crippen LogP contribution in [0.1, 0.15) is 38.7 Å². The number of fused-ring (bicyclic) bond motifs is 1. The first-order valence-electron chi connectivity index (χ1n) is 12.3. The first-order chi connectivity index (χ1) is 18.3. The molecule has 14 heteroatoms. The minimum atomic E-state index is -1.60. The Kier molecular flexibility index (Phi) is 11.0. The number of hydrogen-bond donors (Lipinski definition) is 8. The number of carboxylic acid groups (broad SMARTS) is 1. The zero-order chi connectivity index (χ0) is 29.3. The summed E-state index contributed by atoms with van der Waals surface area (Å²) in [4.78, 5) is 76.6. The van der Waals surface area contributed by atoms with Gasteiger partial charge in [-0.05, 0) is 24.0 Å². The van der Waals surface area contributed by atoms with Gasteiger partial charge in [-0.2, -0.15) is 0 Å². The van der Waals surface area contributed by atoms with E-state index in [4.69, 9.17) is 17.2 Å². The van der Waals surface area contributed by atoms with Crippen molar-refractivity contribution in [2.24, 2.45) is 23.1 Å². The van der Waals surface area contributed by atoms with Crippen LogP contribution >= 0.6 is 0 Å². The van der Waals surface area contributed by atoms with Crippen LogP contribution in [0.5, 0.6) is 0 Å². The van der Waals surface area contributed by atoms with Crippen molar-refractivity contribution in [2.75, 3.05) is 0 Å². The van der Waals surface area contributed by atoms with E-state index in [1.165, 1.54) is 0 Å². The molecule has 14 nitrogen and oxygen atoms in total. The molecule has 0 aliphatic rings. The molecule has 2 aromatic rings. The second-order valence-electron chi connectivity index (χ2n) is 9.66. The third-order valence-corrected chi connectivity index (χ3v) is 5.85. The van der Waals surface area contributed by atoms with Crippen LogP contribution in [0, 0.1) is 5.92 Å². The van der Waals surface area contributed by atoms with Crippen LogP contribution in [0.2, 0.25) is 0 Å². The quantitative estimate of drug-likeness (QED) is 0.129. The summed E-state index contributed by atoms with van der Waals surface area (Å²) in [5.74, 6) is -5.90. The smallest absolute Gasteiger partial charge is 0.326 e. The van der Waals surface area contributed by atoms with E-state index in [0.717, 1.165) is 10.9 Å². The highest BCUT2D eigenvalue weighted by Crippen LogP contribution is 2.19. The lowest BCUT2D eigenvalue weighted by atomic mass is 10.0. The van der Waals surface area contributed by atoms with Crippen LogP contribution in [0.15, 0.2) is 30.5 Å². The van der Waals surface area contributed by atoms with Gasteiger partial charge in [0.2, 0.25) is 29.5 Å². The fraction of sp³-hybridized carbons (Fsp3) is 0.440. The lowest BCUT2D eigenvalue weighted by molar-refractivity contribution is -0.142. The molecule has 0 saturated heterocycles. The molecular formula is C25H35N7O7. The number of nitrogens with one attached hydrogen (secondary N) is 4. The van der Waals surface area contributed by atoms with E-state index in [2.05, 4.69) is 20.9 Å². The predicted octanol–water partition coefficient (Wildman–Crippen LogP) is -1.63. The number of nitrogens with two attached hydrogens (primary N) is 3. The number of hydrogen-bond acceptors (Lipinski definition) is 7.